The van der Waals surface area contributed by atoms with Crippen LogP contribution in [0.1, 0.15) is 55.2 Å². The number of primary amides is 1. The molecule has 0 aromatic heterocycles. The largest absolute Gasteiger partial charge is 0.481 e. The van der Waals surface area contributed by atoms with Crippen LogP contribution in [0.15, 0.2) is 64.7 Å². The minimum atomic E-state index is -1.84. The van der Waals surface area contributed by atoms with Crippen molar-refractivity contribution in [3.05, 3.63) is 71.3 Å². The molecular weight excluding hydrogens is 1680 g/mol. The Balaban J connectivity index is 1.55. The number of oxime groups is 1. The van der Waals surface area contributed by atoms with Gasteiger partial charge in [-0.2, -0.15) is 0 Å². The molecule has 1 saturated heterocycles. The number of rotatable bonds is 62. The van der Waals surface area contributed by atoms with Crippen molar-refractivity contribution in [3.63, 3.8) is 0 Å². The molecule has 13 amide bonds. The van der Waals surface area contributed by atoms with E-state index < -0.39 is 152 Å². The lowest BCUT2D eigenvalue weighted by atomic mass is 10.0. The summed E-state index contributed by atoms with van der Waals surface area (Å²) < 4.78 is 54.2. The third-order valence-corrected chi connectivity index (χ3v) is 19.7. The monoisotopic (exact) mass is 1800 g/mol. The first-order valence-electron chi connectivity index (χ1n) is 39.6. The number of aryl methyl sites for hydroxylation is 1. The molecule has 1 aliphatic heterocycles. The second kappa shape index (κ2) is 68.7. The van der Waals surface area contributed by atoms with E-state index in [1.165, 1.54) is 6.21 Å². The van der Waals surface area contributed by atoms with Gasteiger partial charge in [0.15, 0.2) is 12.6 Å². The smallest absolute Gasteiger partial charge is 0.305 e. The number of nitrogens with one attached hydrogen (secondary N) is 12. The van der Waals surface area contributed by atoms with E-state index in [1.54, 1.807) is 30.3 Å². The summed E-state index contributed by atoms with van der Waals surface area (Å²) in [5.41, 5.74) is 30.6. The van der Waals surface area contributed by atoms with Gasteiger partial charge in [-0.3, -0.25) is 72.1 Å². The van der Waals surface area contributed by atoms with Crippen molar-refractivity contribution in [1.82, 2.24) is 63.8 Å². The number of carbonyl (C=O) groups is 14. The second-order valence-electron chi connectivity index (χ2n) is 26.6. The number of hydrogen-bond donors (Lipinski definition) is 18. The average Bonchev–Trinajstić information content (AvgIpc) is 0.859. The van der Waals surface area contributed by atoms with Gasteiger partial charge >= 0.3 is 5.97 Å². The zero-order chi connectivity index (χ0) is 89.9. The molecule has 2 aromatic carbocycles. The number of nitrogens with two attached hydrogens (primary N) is 5. The Morgan fingerprint density at radius 1 is 0.537 bits per heavy atom. The number of carboxylic acids is 1. The maximum absolute atomic E-state index is 14.7. The molecule has 0 saturated carbocycles. The molecule has 1 aliphatic rings. The molecule has 0 spiro atoms. The Morgan fingerprint density at radius 2 is 1.05 bits per heavy atom. The van der Waals surface area contributed by atoms with Crippen LogP contribution < -0.4 is 92.5 Å². The number of aliphatic carboxylic acids is 1. The van der Waals surface area contributed by atoms with Gasteiger partial charge in [-0.15, -0.1) is 11.8 Å². The quantitative estimate of drug-likeness (QED) is 0.00962. The third-order valence-electron chi connectivity index (χ3n) is 16.2. The highest BCUT2D eigenvalue weighted by atomic mass is 33.1. The van der Waals surface area contributed by atoms with Gasteiger partial charge in [-0.25, -0.2) is 0 Å². The first-order chi connectivity index (χ1) is 59.3. The van der Waals surface area contributed by atoms with Crippen LogP contribution in [0.3, 0.4) is 0 Å². The number of carboxylic acid groups (broad SMARTS) is 1. The van der Waals surface area contributed by atoms with Crippen LogP contribution in [-0.4, -0.2) is 350 Å². The predicted octanol–water partition coefficient (Wildman–Crippen LogP) is -7.08. The summed E-state index contributed by atoms with van der Waals surface area (Å²) in [7, 11) is 2.00. The molecule has 45 nitrogen and oxygen atoms in total. The molecule has 0 radical (unpaired) electrons. The molecule has 0 bridgehead atoms. The molecule has 3 rings (SSSR count). The van der Waals surface area contributed by atoms with E-state index in [1.807, 2.05) is 31.2 Å². The summed E-state index contributed by atoms with van der Waals surface area (Å²) in [5.74, 6) is -12.1. The molecule has 1 fully saturated rings. The summed E-state index contributed by atoms with van der Waals surface area (Å²) in [5, 5.41) is 44.7. The number of nitrogens with zero attached hydrogens (tertiary/aromatic N) is 2. The molecular formula is C75H121N19O26S3. The van der Waals surface area contributed by atoms with Crippen LogP contribution in [0.4, 0.5) is 0 Å². The first-order valence-corrected chi connectivity index (χ1v) is 43.3. The molecule has 7 atom stereocenters. The number of aliphatic imine (C=N–C) groups is 1. The van der Waals surface area contributed by atoms with Crippen molar-refractivity contribution in [3.8, 4) is 0 Å². The number of carbonyl (C=O) groups excluding carboxylic acids is 13. The fraction of sp³-hybridized carbons (Fsp3) is 0.627. The summed E-state index contributed by atoms with van der Waals surface area (Å²) in [6, 6.07) is 7.46. The van der Waals surface area contributed by atoms with E-state index in [4.69, 9.17) is 80.9 Å². The molecule has 2 aromatic rings. The average molecular weight is 1800 g/mol. The Morgan fingerprint density at radius 3 is 1.59 bits per heavy atom. The Bertz CT molecular complexity index is 3540. The molecule has 7 unspecified atom stereocenters. The number of benzene rings is 2. The standard InChI is InChI=1S/C75H121N19O26S3/c1-51-12-14-53(15-13-51)40-88-120-46-66(100)84-20-24-112-28-32-116-35-37-117-36-34-115-31-27-111-23-19-83-65(99)45-119-44-63(97)81-16-6-5-11-55-71(106)94-60(77)49-123-122-48-59(93-73(108)57(39-68(102)103)90-62(96)41-87-69(104)54(76)10-7-17-86-75(79)80)74(109)91-56(38-52-8-3-2-4-9-52)72(107)92-58(47-121-50-67(101)89-55)70(105)85-21-25-113-29-33-114-30-26-110-22-18-82-64(98)43-118-42-61(78)95/h2-4,8-9,12-15,40,54-60H,5-7,10-11,16-39,41-50,76-77H2,1H3,(H2,78,95)(H,81,97)(H,82,98)(H,83,99)(H,84,100)(H,85,105)(H,87,104)(H,89,101)(H,90,96)(H,91,109)(H,92,107)(H,93,108)(H,94,106)(H,102,103)(H4,79,80,86). The number of thioether (sulfide) groups is 1. The predicted molar refractivity (Wildman–Crippen MR) is 452 cm³/mol. The summed E-state index contributed by atoms with van der Waals surface area (Å²) >= 11 is 0.910. The first kappa shape index (κ1) is 108. The highest BCUT2D eigenvalue weighted by molar-refractivity contribution is 8.76. The Hall–Kier alpha value is -9.67. The van der Waals surface area contributed by atoms with E-state index in [9.17, 15) is 72.2 Å². The van der Waals surface area contributed by atoms with Crippen LogP contribution in [0.25, 0.3) is 0 Å². The van der Waals surface area contributed by atoms with Gasteiger partial charge in [-0.05, 0) is 50.2 Å². The minimum Gasteiger partial charge on any atom is -0.481 e. The number of guanidine groups is 1. The second-order valence-corrected chi connectivity index (χ2v) is 30.2. The van der Waals surface area contributed by atoms with Crippen LogP contribution in [0.2, 0.25) is 0 Å². The van der Waals surface area contributed by atoms with Crippen LogP contribution >= 0.6 is 33.3 Å². The van der Waals surface area contributed by atoms with Gasteiger partial charge in [-0.1, -0.05) is 86.9 Å². The summed E-state index contributed by atoms with van der Waals surface area (Å²) in [6.45, 7) is 4.05. The lowest BCUT2D eigenvalue weighted by Crippen LogP contribution is -2.60. The molecule has 1 heterocycles. The van der Waals surface area contributed by atoms with Crippen molar-refractivity contribution in [2.24, 2.45) is 38.8 Å². The molecule has 48 heteroatoms. The third kappa shape index (κ3) is 57.4. The number of hydrogen-bond acceptors (Lipinski definition) is 32. The van der Waals surface area contributed by atoms with Gasteiger partial charge in [0.2, 0.25) is 70.9 Å². The minimum absolute atomic E-state index is 0.0311. The maximum Gasteiger partial charge on any atom is 0.305 e. The highest BCUT2D eigenvalue weighted by Crippen LogP contribution is 2.23. The number of amides is 13. The van der Waals surface area contributed by atoms with E-state index in [0.29, 0.717) is 71.2 Å². The zero-order valence-corrected chi connectivity index (χ0v) is 71.5. The van der Waals surface area contributed by atoms with Crippen LogP contribution in [0.5, 0.6) is 0 Å². The SMILES string of the molecule is Cc1ccc(C=NOCC(=O)NCCOCCOCCOCCOCCOCCNC(=O)COCC(=O)NCCCCC2NC(=O)CSCC(C(=O)NCCOCCOCCOCCNC(=O)COCC(N)=O)NC(=O)C(Cc3ccccc3)NC(=O)C(NC(=O)C(CC(=O)O)NC(=O)CNC(=O)C(N)CCCN=C(N)N)CSSCC(N)NC2=O)cc1. The van der Waals surface area contributed by atoms with Crippen LogP contribution in [-0.2, 0) is 126 Å². The molecule has 123 heavy (non-hydrogen) atoms. The van der Waals surface area contributed by atoms with Gasteiger partial charge in [0.1, 0.15) is 56.6 Å². The fourth-order valence-corrected chi connectivity index (χ4v) is 13.1. The number of unbranched alkanes of at least 4 members (excludes halogenated alkanes) is 1. The normalized spacial score (nSPS) is 16.6. The lowest BCUT2D eigenvalue weighted by molar-refractivity contribution is -0.141. The molecule has 0 aliphatic carbocycles. The maximum atomic E-state index is 14.7. The number of ether oxygens (including phenoxy) is 10. The van der Waals surface area contributed by atoms with E-state index in [2.05, 4.69) is 73.9 Å². The summed E-state index contributed by atoms with van der Waals surface area (Å²) in [4.78, 5) is 192. The summed E-state index contributed by atoms with van der Waals surface area (Å²) in [6.07, 6.45) is 0.281. The molecule has 23 N–H and O–H groups in total. The fourth-order valence-electron chi connectivity index (χ4n) is 10.1. The molecule has 690 valence electrons. The van der Waals surface area contributed by atoms with E-state index in [-0.39, 0.29) is 166 Å². The van der Waals surface area contributed by atoms with E-state index in [0.717, 1.165) is 44.5 Å². The van der Waals surface area contributed by atoms with Gasteiger partial charge < -0.3 is 150 Å². The van der Waals surface area contributed by atoms with Crippen molar-refractivity contribution < 1.29 is 124 Å². The zero-order valence-electron chi connectivity index (χ0n) is 69.1. The van der Waals surface area contributed by atoms with E-state index >= 15 is 0 Å². The Kier molecular flexibility index (Phi) is 60.1. The highest BCUT2D eigenvalue weighted by Gasteiger charge is 2.34. The van der Waals surface area contributed by atoms with Crippen molar-refractivity contribution in [2.75, 3.05) is 208 Å². The van der Waals surface area contributed by atoms with Crippen LogP contribution in [0, 0.1) is 6.92 Å². The van der Waals surface area contributed by atoms with Crippen molar-refractivity contribution in [2.45, 2.75) is 94.3 Å². The Labute approximate surface area is 725 Å². The van der Waals surface area contributed by atoms with Gasteiger partial charge in [0, 0.05) is 62.9 Å². The van der Waals surface area contributed by atoms with Crippen molar-refractivity contribution in [1.29, 1.82) is 0 Å². The van der Waals surface area contributed by atoms with Gasteiger partial charge in [0.25, 0.3) is 5.91 Å². The lowest BCUT2D eigenvalue weighted by Gasteiger charge is -2.27. The van der Waals surface area contributed by atoms with Crippen molar-refractivity contribution >= 4 is 128 Å². The topological polar surface area (TPSA) is 660 Å². The van der Waals surface area contributed by atoms with Gasteiger partial charge in [0.05, 0.1) is 143 Å².